The summed E-state index contributed by atoms with van der Waals surface area (Å²) in [6.07, 6.45) is 3.57. The van der Waals surface area contributed by atoms with Crippen molar-refractivity contribution >= 4 is 17.5 Å². The number of hydrogen-bond donors (Lipinski definition) is 0. The third kappa shape index (κ3) is 1.62. The Labute approximate surface area is 165 Å². The molecular formula is C23H29NO4. The van der Waals surface area contributed by atoms with Gasteiger partial charge in [-0.15, -0.1) is 0 Å². The van der Waals surface area contributed by atoms with Crippen molar-refractivity contribution in [1.29, 1.82) is 0 Å². The van der Waals surface area contributed by atoms with Gasteiger partial charge in [0, 0.05) is 49.1 Å². The second-order valence-corrected chi connectivity index (χ2v) is 11.1. The number of piperidine rings is 1. The Morgan fingerprint density at radius 3 is 2.71 bits per heavy atom. The molecule has 4 unspecified atom stereocenters. The van der Waals surface area contributed by atoms with E-state index in [9.17, 15) is 14.4 Å². The van der Waals surface area contributed by atoms with E-state index in [2.05, 4.69) is 25.5 Å². The number of Topliss-reactive ketones (excluding diaryl/α,β-unsaturated/α-hetero) is 2. The van der Waals surface area contributed by atoms with E-state index >= 15 is 0 Å². The van der Waals surface area contributed by atoms with Gasteiger partial charge in [0.1, 0.15) is 17.7 Å². The molecule has 0 aromatic heterocycles. The average Bonchev–Trinajstić information content (AvgIpc) is 2.64. The molecule has 0 aromatic carbocycles. The van der Waals surface area contributed by atoms with Crippen LogP contribution in [0.1, 0.15) is 46.0 Å². The van der Waals surface area contributed by atoms with E-state index in [0.29, 0.717) is 23.9 Å². The molecule has 1 saturated heterocycles. The van der Waals surface area contributed by atoms with E-state index in [1.165, 1.54) is 6.92 Å². The Bertz CT molecular complexity index is 865. The quantitative estimate of drug-likeness (QED) is 0.514. The minimum Gasteiger partial charge on any atom is -0.463 e. The lowest BCUT2D eigenvalue weighted by atomic mass is 9.39. The molecule has 5 nitrogen and oxygen atoms in total. The van der Waals surface area contributed by atoms with Gasteiger partial charge in [-0.1, -0.05) is 19.1 Å². The second kappa shape index (κ2) is 4.80. The van der Waals surface area contributed by atoms with Crippen LogP contribution in [0, 0.1) is 39.9 Å². The Hall–Kier alpha value is -1.49. The summed E-state index contributed by atoms with van der Waals surface area (Å²) >= 11 is 0. The maximum absolute atomic E-state index is 13.7. The SMILES string of the molecule is C=C1C[C@@]23CC(=O)C4C56C[C@@H](OC(C)=O)C[C@@]4(C)CN(C)[C@@H]5C2C(=O)C1C[C@@H]63. The molecule has 0 amide bonds. The van der Waals surface area contributed by atoms with Crippen molar-refractivity contribution in [3.8, 4) is 0 Å². The van der Waals surface area contributed by atoms with Gasteiger partial charge in [0.05, 0.1) is 0 Å². The van der Waals surface area contributed by atoms with Crippen molar-refractivity contribution in [2.45, 2.75) is 58.1 Å². The fourth-order valence-electron chi connectivity index (χ4n) is 9.91. The number of ketones is 2. The van der Waals surface area contributed by atoms with Crippen LogP contribution in [0.25, 0.3) is 0 Å². The number of nitrogens with zero attached hydrogens (tertiary/aromatic N) is 1. The summed E-state index contributed by atoms with van der Waals surface area (Å²) in [5, 5.41) is 0. The number of fused-ring (bicyclic) bond motifs is 1. The molecule has 1 aliphatic heterocycles. The predicted octanol–water partition coefficient (Wildman–Crippen LogP) is 2.39. The third-order valence-corrected chi connectivity index (χ3v) is 9.75. The van der Waals surface area contributed by atoms with Gasteiger partial charge in [0.2, 0.25) is 0 Å². The van der Waals surface area contributed by atoms with Crippen molar-refractivity contribution in [2.75, 3.05) is 13.6 Å². The van der Waals surface area contributed by atoms with Crippen LogP contribution in [-0.4, -0.2) is 48.2 Å². The third-order valence-electron chi connectivity index (χ3n) is 9.75. The minimum atomic E-state index is -0.239. The highest BCUT2D eigenvalue weighted by molar-refractivity contribution is 5.95. The largest absolute Gasteiger partial charge is 0.463 e. The van der Waals surface area contributed by atoms with Gasteiger partial charge in [0.15, 0.2) is 0 Å². The molecular weight excluding hydrogens is 354 g/mol. The number of carbonyl (C=O) groups is 3. The van der Waals surface area contributed by atoms with Crippen LogP contribution in [0.4, 0.5) is 0 Å². The number of hydrogen-bond acceptors (Lipinski definition) is 5. The standard InChI is InChI=1S/C23H29NO4/c1-11-6-22-9-15(26)19-21(3)7-13(28-12(2)25)8-23(19)16(22)5-14(11)18(27)17(22)20(23)24(4)10-21/h13-14,16-17,19-20H,1,5-10H2,2-4H3/t13-,14?,16+,17?,19?,20+,21-,22-,23?/m0/s1. The number of ether oxygens (including phenoxy) is 1. The van der Waals surface area contributed by atoms with E-state index in [1.807, 2.05) is 0 Å². The van der Waals surface area contributed by atoms with Crippen LogP contribution in [0.5, 0.6) is 0 Å². The van der Waals surface area contributed by atoms with Gasteiger partial charge in [-0.2, -0.15) is 0 Å². The zero-order valence-corrected chi connectivity index (χ0v) is 17.0. The number of esters is 1. The van der Waals surface area contributed by atoms with Gasteiger partial charge in [-0.25, -0.2) is 0 Å². The molecule has 0 N–H and O–H groups in total. The molecule has 5 heteroatoms. The number of allylic oxidation sites excluding steroid dienone is 1. The van der Waals surface area contributed by atoms with Crippen LogP contribution in [0.15, 0.2) is 12.2 Å². The van der Waals surface area contributed by atoms with E-state index in [1.54, 1.807) is 0 Å². The summed E-state index contributed by atoms with van der Waals surface area (Å²) in [6, 6.07) is 0.103. The highest BCUT2D eigenvalue weighted by Crippen LogP contribution is 2.81. The predicted molar refractivity (Wildman–Crippen MR) is 101 cm³/mol. The maximum Gasteiger partial charge on any atom is 0.302 e. The normalized spacial score (nSPS) is 56.2. The van der Waals surface area contributed by atoms with Crippen molar-refractivity contribution in [3.05, 3.63) is 12.2 Å². The fraction of sp³-hybridized carbons (Fsp3) is 0.783. The molecule has 7 fully saturated rings. The first-order valence-electron chi connectivity index (χ1n) is 10.8. The molecule has 28 heavy (non-hydrogen) atoms. The smallest absolute Gasteiger partial charge is 0.302 e. The summed E-state index contributed by atoms with van der Waals surface area (Å²) < 4.78 is 5.78. The molecule has 7 aliphatic rings. The zero-order valence-electron chi connectivity index (χ0n) is 17.0. The first kappa shape index (κ1) is 17.4. The van der Waals surface area contributed by atoms with E-state index < -0.39 is 0 Å². The van der Waals surface area contributed by atoms with Crippen molar-refractivity contribution in [3.63, 3.8) is 0 Å². The Balaban J connectivity index is 1.59. The van der Waals surface area contributed by atoms with E-state index in [0.717, 1.165) is 37.8 Å². The van der Waals surface area contributed by atoms with Crippen LogP contribution in [0.3, 0.4) is 0 Å². The van der Waals surface area contributed by atoms with E-state index in [4.69, 9.17) is 4.74 Å². The average molecular weight is 383 g/mol. The molecule has 9 atom stereocenters. The summed E-state index contributed by atoms with van der Waals surface area (Å²) in [5.74, 6) is 0.743. The Morgan fingerprint density at radius 1 is 1.25 bits per heavy atom. The van der Waals surface area contributed by atoms with Gasteiger partial charge < -0.3 is 9.64 Å². The Morgan fingerprint density at radius 2 is 2.00 bits per heavy atom. The summed E-state index contributed by atoms with van der Waals surface area (Å²) in [4.78, 5) is 41.4. The summed E-state index contributed by atoms with van der Waals surface area (Å²) in [7, 11) is 2.15. The minimum absolute atomic E-state index is 0.00551. The monoisotopic (exact) mass is 383 g/mol. The van der Waals surface area contributed by atoms with Gasteiger partial charge >= 0.3 is 5.97 Å². The van der Waals surface area contributed by atoms with E-state index in [-0.39, 0.29) is 52.1 Å². The first-order chi connectivity index (χ1) is 13.1. The molecule has 2 spiro atoms. The first-order valence-corrected chi connectivity index (χ1v) is 10.8. The number of rotatable bonds is 1. The number of likely N-dealkylation sites (tertiary alicyclic amines) is 1. The summed E-state index contributed by atoms with van der Waals surface area (Å²) in [5.41, 5.74) is 0.389. The highest BCUT2D eigenvalue weighted by atomic mass is 16.5. The van der Waals surface area contributed by atoms with Crippen molar-refractivity contribution in [2.24, 2.45) is 39.9 Å². The fourth-order valence-corrected chi connectivity index (χ4v) is 9.91. The van der Waals surface area contributed by atoms with Crippen LogP contribution in [-0.2, 0) is 19.1 Å². The second-order valence-electron chi connectivity index (χ2n) is 11.1. The van der Waals surface area contributed by atoms with Gasteiger partial charge in [-0.3, -0.25) is 14.4 Å². The van der Waals surface area contributed by atoms with Gasteiger partial charge in [0.25, 0.3) is 0 Å². The topological polar surface area (TPSA) is 63.7 Å². The zero-order chi connectivity index (χ0) is 19.8. The molecule has 6 aliphatic carbocycles. The molecule has 7 rings (SSSR count). The summed E-state index contributed by atoms with van der Waals surface area (Å²) in [6.45, 7) is 8.74. The molecule has 0 aromatic rings. The molecule has 0 radical (unpaired) electrons. The van der Waals surface area contributed by atoms with Crippen LogP contribution in [0.2, 0.25) is 0 Å². The molecule has 150 valence electrons. The van der Waals surface area contributed by atoms with Crippen molar-refractivity contribution in [1.82, 2.24) is 4.90 Å². The highest BCUT2D eigenvalue weighted by Gasteiger charge is 2.84. The van der Waals surface area contributed by atoms with Crippen LogP contribution >= 0.6 is 0 Å². The molecule has 6 saturated carbocycles. The molecule has 1 heterocycles. The van der Waals surface area contributed by atoms with Crippen LogP contribution < -0.4 is 0 Å². The Kier molecular flexibility index (Phi) is 2.98. The maximum atomic E-state index is 13.7. The van der Waals surface area contributed by atoms with Gasteiger partial charge in [-0.05, 0) is 49.5 Å². The van der Waals surface area contributed by atoms with Crippen molar-refractivity contribution < 1.29 is 19.1 Å². The molecule has 6 bridgehead atoms. The lowest BCUT2D eigenvalue weighted by molar-refractivity contribution is -0.208. The lowest BCUT2D eigenvalue weighted by Crippen LogP contribution is -2.70. The lowest BCUT2D eigenvalue weighted by Gasteiger charge is -2.66. The number of carbonyl (C=O) groups excluding carboxylic acids is 3.